The van der Waals surface area contributed by atoms with Crippen LogP contribution in [0.5, 0.6) is 0 Å². The van der Waals surface area contributed by atoms with Crippen LogP contribution in [0.1, 0.15) is 55.6 Å². The molecule has 17 heavy (non-hydrogen) atoms. The molecule has 0 amide bonds. The van der Waals surface area contributed by atoms with Gasteiger partial charge in [-0.25, -0.2) is 4.39 Å². The molecule has 0 saturated heterocycles. The lowest BCUT2D eigenvalue weighted by molar-refractivity contribution is 0.329. The summed E-state index contributed by atoms with van der Waals surface area (Å²) in [6, 6.07) is 5.55. The summed E-state index contributed by atoms with van der Waals surface area (Å²) >= 11 is 0. The van der Waals surface area contributed by atoms with E-state index in [1.54, 1.807) is 6.07 Å². The Morgan fingerprint density at radius 1 is 1.24 bits per heavy atom. The van der Waals surface area contributed by atoms with Crippen LogP contribution in [-0.2, 0) is 5.41 Å². The van der Waals surface area contributed by atoms with Crippen molar-refractivity contribution in [2.75, 3.05) is 6.54 Å². The summed E-state index contributed by atoms with van der Waals surface area (Å²) in [7, 11) is 0. The molecule has 0 radical (unpaired) electrons. The first-order valence-electron chi connectivity index (χ1n) is 6.76. The van der Waals surface area contributed by atoms with Crippen LogP contribution in [-0.4, -0.2) is 6.54 Å². The fourth-order valence-electron chi connectivity index (χ4n) is 3.97. The smallest absolute Gasteiger partial charge is 0.127 e. The minimum Gasteiger partial charge on any atom is -0.330 e. The molecule has 0 aliphatic heterocycles. The van der Waals surface area contributed by atoms with E-state index in [4.69, 9.17) is 5.73 Å². The van der Waals surface area contributed by atoms with Crippen LogP contribution in [0.3, 0.4) is 0 Å². The van der Waals surface area contributed by atoms with Gasteiger partial charge in [-0.1, -0.05) is 25.0 Å². The van der Waals surface area contributed by atoms with Gasteiger partial charge >= 0.3 is 0 Å². The maximum absolute atomic E-state index is 14.2. The molecule has 3 rings (SSSR count). The zero-order chi connectivity index (χ0) is 11.9. The monoisotopic (exact) mass is 233 g/mol. The van der Waals surface area contributed by atoms with Crippen molar-refractivity contribution in [3.63, 3.8) is 0 Å². The second-order valence-corrected chi connectivity index (χ2v) is 5.66. The molecule has 1 fully saturated rings. The second-order valence-electron chi connectivity index (χ2n) is 5.66. The molecule has 1 nitrogen and oxygen atoms in total. The summed E-state index contributed by atoms with van der Waals surface area (Å²) < 4.78 is 14.2. The third-order valence-corrected chi connectivity index (χ3v) is 4.83. The summed E-state index contributed by atoms with van der Waals surface area (Å²) in [6.07, 6.45) is 7.09. The Hall–Kier alpha value is -0.890. The average Bonchev–Trinajstić information content (AvgIpc) is 2.79. The molecular weight excluding hydrogens is 213 g/mol. The van der Waals surface area contributed by atoms with Crippen LogP contribution in [0.25, 0.3) is 0 Å². The van der Waals surface area contributed by atoms with Gasteiger partial charge in [0.1, 0.15) is 5.82 Å². The van der Waals surface area contributed by atoms with Crippen molar-refractivity contribution >= 4 is 0 Å². The van der Waals surface area contributed by atoms with Crippen molar-refractivity contribution in [1.29, 1.82) is 0 Å². The van der Waals surface area contributed by atoms with Crippen LogP contribution in [0.4, 0.5) is 4.39 Å². The van der Waals surface area contributed by atoms with Crippen molar-refractivity contribution in [3.05, 3.63) is 35.1 Å². The molecule has 2 aliphatic carbocycles. The third kappa shape index (κ3) is 1.61. The highest BCUT2D eigenvalue weighted by atomic mass is 19.1. The zero-order valence-corrected chi connectivity index (χ0v) is 10.2. The molecule has 1 unspecified atom stereocenters. The molecule has 1 spiro atoms. The van der Waals surface area contributed by atoms with Gasteiger partial charge in [0, 0.05) is 0 Å². The van der Waals surface area contributed by atoms with Gasteiger partial charge in [0.05, 0.1) is 0 Å². The maximum atomic E-state index is 14.2. The number of nitrogens with two attached hydrogens (primary N) is 1. The largest absolute Gasteiger partial charge is 0.330 e. The predicted octanol–water partition coefficient (Wildman–Crippen LogP) is 3.47. The highest BCUT2D eigenvalue weighted by Crippen LogP contribution is 2.52. The Balaban J connectivity index is 2.15. The second kappa shape index (κ2) is 4.09. The molecule has 1 saturated carbocycles. The fraction of sp³-hybridized carbons (Fsp3) is 0.600. The molecule has 92 valence electrons. The summed E-state index contributed by atoms with van der Waals surface area (Å²) in [5.74, 6) is 0.370. The standard InChI is InChI=1S/C15H20FN/c16-13-5-3-4-12-11(10-17)6-9-15(14(12)13)7-1-2-8-15/h3-5,11H,1-2,6-10,17H2. The quantitative estimate of drug-likeness (QED) is 0.789. The molecule has 2 heteroatoms. The minimum atomic E-state index is 0.00236. The van der Waals surface area contributed by atoms with Crippen molar-refractivity contribution in [2.45, 2.75) is 49.9 Å². The van der Waals surface area contributed by atoms with E-state index in [1.807, 2.05) is 6.07 Å². The lowest BCUT2D eigenvalue weighted by Crippen LogP contribution is -2.33. The molecule has 2 aliphatic rings. The molecule has 0 heterocycles. The number of benzene rings is 1. The number of rotatable bonds is 1. The molecule has 1 atom stereocenters. The van der Waals surface area contributed by atoms with Gasteiger partial charge in [0.2, 0.25) is 0 Å². The summed E-state index contributed by atoms with van der Waals surface area (Å²) in [5, 5.41) is 0. The van der Waals surface area contributed by atoms with Gasteiger partial charge < -0.3 is 5.73 Å². The van der Waals surface area contributed by atoms with E-state index in [0.29, 0.717) is 12.5 Å². The van der Waals surface area contributed by atoms with E-state index >= 15 is 0 Å². The van der Waals surface area contributed by atoms with Gasteiger partial charge in [-0.3, -0.25) is 0 Å². The Morgan fingerprint density at radius 2 is 2.00 bits per heavy atom. The number of hydrogen-bond donors (Lipinski definition) is 1. The molecule has 2 N–H and O–H groups in total. The minimum absolute atomic E-state index is 0.00236. The van der Waals surface area contributed by atoms with Crippen molar-refractivity contribution in [3.8, 4) is 0 Å². The summed E-state index contributed by atoms with van der Waals surface area (Å²) in [4.78, 5) is 0. The van der Waals surface area contributed by atoms with Crippen LogP contribution in [0, 0.1) is 5.82 Å². The first kappa shape index (κ1) is 11.2. The Morgan fingerprint density at radius 3 is 2.71 bits per heavy atom. The highest BCUT2D eigenvalue weighted by Gasteiger charge is 2.43. The Bertz CT molecular complexity index is 421. The number of fused-ring (bicyclic) bond motifs is 2. The van der Waals surface area contributed by atoms with Gasteiger partial charge in [0.15, 0.2) is 0 Å². The Kier molecular flexibility index (Phi) is 2.70. The predicted molar refractivity (Wildman–Crippen MR) is 67.6 cm³/mol. The van der Waals surface area contributed by atoms with Gasteiger partial charge in [-0.15, -0.1) is 0 Å². The number of halogens is 1. The molecule has 0 bridgehead atoms. The van der Waals surface area contributed by atoms with Crippen molar-refractivity contribution < 1.29 is 4.39 Å². The van der Waals surface area contributed by atoms with Crippen molar-refractivity contribution in [1.82, 2.24) is 0 Å². The summed E-state index contributed by atoms with van der Waals surface area (Å²) in [6.45, 7) is 0.645. The first-order valence-corrected chi connectivity index (χ1v) is 6.76. The van der Waals surface area contributed by atoms with E-state index < -0.39 is 0 Å². The molecular formula is C15H20FN. The SMILES string of the molecule is NCC1CCC2(CCCC2)c2c(F)cccc21. The topological polar surface area (TPSA) is 26.0 Å². The lowest BCUT2D eigenvalue weighted by Gasteiger charge is -2.39. The van der Waals surface area contributed by atoms with Gasteiger partial charge in [-0.05, 0) is 60.8 Å². The van der Waals surface area contributed by atoms with Gasteiger partial charge in [-0.2, -0.15) is 0 Å². The molecule has 1 aromatic carbocycles. The van der Waals surface area contributed by atoms with Gasteiger partial charge in [0.25, 0.3) is 0 Å². The number of hydrogen-bond acceptors (Lipinski definition) is 1. The first-order chi connectivity index (χ1) is 8.27. The van der Waals surface area contributed by atoms with Crippen molar-refractivity contribution in [2.24, 2.45) is 5.73 Å². The Labute approximate surface area is 102 Å². The highest BCUT2D eigenvalue weighted by molar-refractivity contribution is 5.41. The van der Waals surface area contributed by atoms with Crippen LogP contribution >= 0.6 is 0 Å². The maximum Gasteiger partial charge on any atom is 0.127 e. The average molecular weight is 233 g/mol. The van der Waals surface area contributed by atoms with E-state index in [9.17, 15) is 4.39 Å². The van der Waals surface area contributed by atoms with Crippen LogP contribution < -0.4 is 5.73 Å². The van der Waals surface area contributed by atoms with E-state index in [-0.39, 0.29) is 11.2 Å². The van der Waals surface area contributed by atoms with E-state index in [1.165, 1.54) is 18.4 Å². The fourth-order valence-corrected chi connectivity index (χ4v) is 3.97. The molecule has 1 aromatic rings. The van der Waals surface area contributed by atoms with Crippen LogP contribution in [0.2, 0.25) is 0 Å². The molecule has 0 aromatic heterocycles. The normalized spacial score (nSPS) is 26.1. The van der Waals surface area contributed by atoms with E-state index in [0.717, 1.165) is 31.2 Å². The lowest BCUT2D eigenvalue weighted by atomic mass is 9.65. The summed E-state index contributed by atoms with van der Waals surface area (Å²) in [5.41, 5.74) is 8.19. The van der Waals surface area contributed by atoms with Crippen LogP contribution in [0.15, 0.2) is 18.2 Å². The zero-order valence-electron chi connectivity index (χ0n) is 10.2. The van der Waals surface area contributed by atoms with E-state index in [2.05, 4.69) is 6.07 Å². The third-order valence-electron chi connectivity index (χ3n) is 4.83.